The van der Waals surface area contributed by atoms with E-state index in [4.69, 9.17) is 10.2 Å². The van der Waals surface area contributed by atoms with E-state index in [1.54, 1.807) is 0 Å². The SMILES string of the molecule is CC(CC/C=C/CCCCCCCO)CCCC(=O)O. The van der Waals surface area contributed by atoms with Crippen molar-refractivity contribution in [3.63, 3.8) is 0 Å². The molecule has 2 N–H and O–H groups in total. The lowest BCUT2D eigenvalue weighted by molar-refractivity contribution is -0.137. The summed E-state index contributed by atoms with van der Waals surface area (Å²) in [6.45, 7) is 2.53. The molecular weight excluding hydrogens is 252 g/mol. The number of aliphatic hydroxyl groups excluding tert-OH is 1. The number of carboxylic acids is 1. The quantitative estimate of drug-likeness (QED) is 0.363. The van der Waals surface area contributed by atoms with Crippen molar-refractivity contribution < 1.29 is 15.0 Å². The first-order valence-electron chi connectivity index (χ1n) is 8.14. The lowest BCUT2D eigenvalue weighted by Crippen LogP contribution is -1.98. The van der Waals surface area contributed by atoms with Crippen molar-refractivity contribution in [1.29, 1.82) is 0 Å². The molecule has 0 saturated carbocycles. The summed E-state index contributed by atoms with van der Waals surface area (Å²) in [6, 6.07) is 0. The van der Waals surface area contributed by atoms with Crippen LogP contribution in [-0.4, -0.2) is 22.8 Å². The molecule has 0 aromatic rings. The monoisotopic (exact) mass is 284 g/mol. The Morgan fingerprint density at radius 2 is 1.60 bits per heavy atom. The van der Waals surface area contributed by atoms with Gasteiger partial charge in [-0.15, -0.1) is 0 Å². The molecule has 0 heterocycles. The molecule has 0 aliphatic carbocycles. The van der Waals surface area contributed by atoms with Crippen LogP contribution in [-0.2, 0) is 4.79 Å². The van der Waals surface area contributed by atoms with Crippen molar-refractivity contribution in [3.05, 3.63) is 12.2 Å². The standard InChI is InChI=1S/C17H32O3/c1-16(13-11-14-17(19)20)12-9-7-5-3-2-4-6-8-10-15-18/h5,7,16,18H,2-4,6,8-15H2,1H3,(H,19,20)/b7-5+. The topological polar surface area (TPSA) is 57.5 Å². The van der Waals surface area contributed by atoms with Crippen LogP contribution >= 0.6 is 0 Å². The Morgan fingerprint density at radius 3 is 2.30 bits per heavy atom. The first kappa shape index (κ1) is 19.2. The zero-order valence-corrected chi connectivity index (χ0v) is 13.0. The molecule has 0 radical (unpaired) electrons. The van der Waals surface area contributed by atoms with E-state index in [9.17, 15) is 4.79 Å². The van der Waals surface area contributed by atoms with Gasteiger partial charge >= 0.3 is 5.97 Å². The van der Waals surface area contributed by atoms with Crippen LogP contribution in [0.3, 0.4) is 0 Å². The molecule has 0 aliphatic heterocycles. The Hall–Kier alpha value is -0.830. The molecule has 1 unspecified atom stereocenters. The van der Waals surface area contributed by atoms with Crippen LogP contribution in [0.15, 0.2) is 12.2 Å². The lowest BCUT2D eigenvalue weighted by Gasteiger charge is -2.08. The van der Waals surface area contributed by atoms with E-state index in [2.05, 4.69) is 19.1 Å². The normalized spacial score (nSPS) is 12.9. The Morgan fingerprint density at radius 1 is 0.950 bits per heavy atom. The Kier molecular flexibility index (Phi) is 14.0. The third kappa shape index (κ3) is 15.2. The largest absolute Gasteiger partial charge is 0.481 e. The van der Waals surface area contributed by atoms with Crippen LogP contribution in [0, 0.1) is 5.92 Å². The van der Waals surface area contributed by atoms with Crippen LogP contribution in [0.2, 0.25) is 0 Å². The minimum atomic E-state index is -0.684. The van der Waals surface area contributed by atoms with Crippen LogP contribution in [0.1, 0.15) is 77.6 Å². The Bertz CT molecular complexity index is 249. The fourth-order valence-electron chi connectivity index (χ4n) is 2.27. The minimum Gasteiger partial charge on any atom is -0.481 e. The van der Waals surface area contributed by atoms with Gasteiger partial charge in [0.05, 0.1) is 0 Å². The molecule has 0 saturated heterocycles. The van der Waals surface area contributed by atoms with Gasteiger partial charge in [0.15, 0.2) is 0 Å². The van der Waals surface area contributed by atoms with Gasteiger partial charge in [0.25, 0.3) is 0 Å². The van der Waals surface area contributed by atoms with Gasteiger partial charge in [0.1, 0.15) is 0 Å². The van der Waals surface area contributed by atoms with Crippen LogP contribution < -0.4 is 0 Å². The Balaban J connectivity index is 3.27. The van der Waals surface area contributed by atoms with E-state index in [0.29, 0.717) is 18.9 Å². The first-order chi connectivity index (χ1) is 9.66. The molecule has 0 rings (SSSR count). The highest BCUT2D eigenvalue weighted by Crippen LogP contribution is 2.14. The second-order valence-electron chi connectivity index (χ2n) is 5.72. The van der Waals surface area contributed by atoms with E-state index in [-0.39, 0.29) is 0 Å². The molecule has 1 atom stereocenters. The number of unbranched alkanes of at least 4 members (excludes halogenated alkanes) is 5. The average Bonchev–Trinajstić information content (AvgIpc) is 2.40. The number of hydrogen-bond acceptors (Lipinski definition) is 2. The maximum Gasteiger partial charge on any atom is 0.303 e. The van der Waals surface area contributed by atoms with Crippen LogP contribution in [0.25, 0.3) is 0 Å². The number of aliphatic carboxylic acids is 1. The summed E-state index contributed by atoms with van der Waals surface area (Å²) in [5.74, 6) is -0.0615. The molecule has 118 valence electrons. The summed E-state index contributed by atoms with van der Waals surface area (Å²) in [4.78, 5) is 10.4. The van der Waals surface area contributed by atoms with E-state index in [1.807, 2.05) is 0 Å². The lowest BCUT2D eigenvalue weighted by atomic mass is 9.98. The maximum atomic E-state index is 10.4. The number of rotatable bonds is 14. The van der Waals surface area contributed by atoms with Gasteiger partial charge in [0.2, 0.25) is 0 Å². The second kappa shape index (κ2) is 14.6. The van der Waals surface area contributed by atoms with E-state index >= 15 is 0 Å². The highest BCUT2D eigenvalue weighted by molar-refractivity contribution is 5.66. The van der Waals surface area contributed by atoms with Crippen molar-refractivity contribution >= 4 is 5.97 Å². The number of carbonyl (C=O) groups is 1. The number of allylic oxidation sites excluding steroid dienone is 2. The number of hydrogen-bond donors (Lipinski definition) is 2. The minimum absolute atomic E-state index is 0.302. The predicted molar refractivity (Wildman–Crippen MR) is 83.8 cm³/mol. The average molecular weight is 284 g/mol. The van der Waals surface area contributed by atoms with E-state index < -0.39 is 5.97 Å². The maximum absolute atomic E-state index is 10.4. The van der Waals surface area contributed by atoms with Crippen molar-refractivity contribution in [2.75, 3.05) is 6.61 Å². The fourth-order valence-corrected chi connectivity index (χ4v) is 2.27. The van der Waals surface area contributed by atoms with Gasteiger partial charge < -0.3 is 10.2 Å². The Labute approximate surface area is 124 Å². The molecular formula is C17H32O3. The van der Waals surface area contributed by atoms with Gasteiger partial charge in [0, 0.05) is 13.0 Å². The zero-order chi connectivity index (χ0) is 15.1. The zero-order valence-electron chi connectivity index (χ0n) is 13.0. The summed E-state index contributed by atoms with van der Waals surface area (Å²) in [6.07, 6.45) is 15.9. The first-order valence-corrected chi connectivity index (χ1v) is 8.14. The van der Waals surface area contributed by atoms with Gasteiger partial charge in [-0.1, -0.05) is 44.8 Å². The van der Waals surface area contributed by atoms with Gasteiger partial charge in [-0.2, -0.15) is 0 Å². The highest BCUT2D eigenvalue weighted by atomic mass is 16.4. The third-order valence-electron chi connectivity index (χ3n) is 3.61. The van der Waals surface area contributed by atoms with Crippen molar-refractivity contribution in [3.8, 4) is 0 Å². The molecule has 0 aliphatic rings. The van der Waals surface area contributed by atoms with Crippen molar-refractivity contribution in [2.24, 2.45) is 5.92 Å². The molecule has 20 heavy (non-hydrogen) atoms. The van der Waals surface area contributed by atoms with Gasteiger partial charge in [-0.25, -0.2) is 0 Å². The summed E-state index contributed by atoms with van der Waals surface area (Å²) < 4.78 is 0. The molecule has 0 bridgehead atoms. The highest BCUT2D eigenvalue weighted by Gasteiger charge is 2.02. The van der Waals surface area contributed by atoms with E-state index in [0.717, 1.165) is 44.9 Å². The van der Waals surface area contributed by atoms with Crippen LogP contribution in [0.5, 0.6) is 0 Å². The van der Waals surface area contributed by atoms with Crippen LogP contribution in [0.4, 0.5) is 0 Å². The molecule has 3 heteroatoms. The van der Waals surface area contributed by atoms with E-state index in [1.165, 1.54) is 19.3 Å². The molecule has 0 aromatic heterocycles. The molecule has 0 spiro atoms. The van der Waals surface area contributed by atoms with Crippen molar-refractivity contribution in [1.82, 2.24) is 0 Å². The fraction of sp³-hybridized carbons (Fsp3) is 0.824. The summed E-state index contributed by atoms with van der Waals surface area (Å²) >= 11 is 0. The third-order valence-corrected chi connectivity index (χ3v) is 3.61. The second-order valence-corrected chi connectivity index (χ2v) is 5.72. The molecule has 0 aromatic carbocycles. The number of carboxylic acid groups (broad SMARTS) is 1. The number of aliphatic hydroxyl groups is 1. The van der Waals surface area contributed by atoms with Gasteiger partial charge in [-0.3, -0.25) is 4.79 Å². The van der Waals surface area contributed by atoms with Crippen molar-refractivity contribution in [2.45, 2.75) is 77.6 Å². The van der Waals surface area contributed by atoms with Gasteiger partial charge in [-0.05, 0) is 44.4 Å². The predicted octanol–water partition coefficient (Wildman–Crippen LogP) is 4.55. The summed E-state index contributed by atoms with van der Waals surface area (Å²) in [5.41, 5.74) is 0. The molecule has 0 fully saturated rings. The smallest absolute Gasteiger partial charge is 0.303 e. The molecule has 0 amide bonds. The molecule has 3 nitrogen and oxygen atoms in total. The summed E-state index contributed by atoms with van der Waals surface area (Å²) in [7, 11) is 0. The summed E-state index contributed by atoms with van der Waals surface area (Å²) in [5, 5.41) is 17.2.